The Morgan fingerprint density at radius 1 is 1.12 bits per heavy atom. The fourth-order valence-electron chi connectivity index (χ4n) is 1.94. The molecule has 0 aromatic heterocycles. The number of amides is 1. The summed E-state index contributed by atoms with van der Waals surface area (Å²) >= 11 is 5.94. The van der Waals surface area contributed by atoms with Crippen molar-refractivity contribution in [1.29, 1.82) is 0 Å². The third kappa shape index (κ3) is 5.66. The van der Waals surface area contributed by atoms with Gasteiger partial charge < -0.3 is 14.8 Å². The van der Waals surface area contributed by atoms with E-state index in [1.165, 1.54) is 0 Å². The van der Waals surface area contributed by atoms with E-state index in [0.717, 1.165) is 24.3 Å². The van der Waals surface area contributed by atoms with Crippen LogP contribution in [0.15, 0.2) is 42.5 Å². The number of hydrogen-bond donors (Lipinski definition) is 1. The van der Waals surface area contributed by atoms with Gasteiger partial charge in [-0.3, -0.25) is 4.79 Å². The van der Waals surface area contributed by atoms with Crippen LogP contribution in [0.2, 0.25) is 5.02 Å². The van der Waals surface area contributed by atoms with Crippen LogP contribution in [0.5, 0.6) is 5.75 Å². The van der Waals surface area contributed by atoms with Crippen LogP contribution in [0.3, 0.4) is 0 Å². The van der Waals surface area contributed by atoms with Crippen molar-refractivity contribution in [1.82, 2.24) is 0 Å². The highest BCUT2D eigenvalue weighted by molar-refractivity contribution is 6.31. The van der Waals surface area contributed by atoms with Gasteiger partial charge in [0.15, 0.2) is 6.61 Å². The summed E-state index contributed by atoms with van der Waals surface area (Å²) < 4.78 is 44.7. The molecule has 0 radical (unpaired) electrons. The summed E-state index contributed by atoms with van der Waals surface area (Å²) in [6.07, 6.45) is -4.82. The SMILES string of the molecule is Cc1c(Cl)cccc1NC(=O)COC(=O)c1ccc(OC(F)(F)F)cc1. The van der Waals surface area contributed by atoms with Gasteiger partial charge in [0.25, 0.3) is 5.91 Å². The number of carbonyl (C=O) groups is 2. The molecule has 2 aromatic rings. The quantitative estimate of drug-likeness (QED) is 0.775. The van der Waals surface area contributed by atoms with E-state index in [1.54, 1.807) is 25.1 Å². The highest BCUT2D eigenvalue weighted by atomic mass is 35.5. The van der Waals surface area contributed by atoms with E-state index in [2.05, 4.69) is 10.1 Å². The van der Waals surface area contributed by atoms with Crippen molar-refractivity contribution in [2.75, 3.05) is 11.9 Å². The topological polar surface area (TPSA) is 64.6 Å². The molecule has 0 bridgehead atoms. The maximum Gasteiger partial charge on any atom is 0.573 e. The van der Waals surface area contributed by atoms with Gasteiger partial charge in [-0.05, 0) is 48.9 Å². The molecule has 0 aliphatic rings. The number of anilines is 1. The Kier molecular flexibility index (Phi) is 6.10. The van der Waals surface area contributed by atoms with Gasteiger partial charge in [-0.25, -0.2) is 4.79 Å². The number of carbonyl (C=O) groups excluding carboxylic acids is 2. The number of alkyl halides is 3. The Bertz CT molecular complexity index is 807. The van der Waals surface area contributed by atoms with E-state index in [1.807, 2.05) is 0 Å². The maximum absolute atomic E-state index is 12.1. The van der Waals surface area contributed by atoms with Crippen LogP contribution in [0, 0.1) is 6.92 Å². The minimum absolute atomic E-state index is 0.0220. The third-order valence-electron chi connectivity index (χ3n) is 3.20. The smallest absolute Gasteiger partial charge is 0.452 e. The van der Waals surface area contributed by atoms with Gasteiger partial charge in [0, 0.05) is 10.7 Å². The zero-order valence-electron chi connectivity index (χ0n) is 13.4. The average molecular weight is 388 g/mol. The lowest BCUT2D eigenvalue weighted by Crippen LogP contribution is -2.21. The monoisotopic (exact) mass is 387 g/mol. The van der Waals surface area contributed by atoms with E-state index in [9.17, 15) is 22.8 Å². The molecule has 0 unspecified atom stereocenters. The van der Waals surface area contributed by atoms with Gasteiger partial charge in [-0.15, -0.1) is 13.2 Å². The zero-order valence-corrected chi connectivity index (χ0v) is 14.1. The third-order valence-corrected chi connectivity index (χ3v) is 3.61. The molecule has 1 N–H and O–H groups in total. The number of benzene rings is 2. The minimum atomic E-state index is -4.82. The molecule has 138 valence electrons. The van der Waals surface area contributed by atoms with E-state index in [4.69, 9.17) is 16.3 Å². The second kappa shape index (κ2) is 8.09. The summed E-state index contributed by atoms with van der Waals surface area (Å²) in [5.41, 5.74) is 1.12. The van der Waals surface area contributed by atoms with Crippen LogP contribution >= 0.6 is 11.6 Å². The number of ether oxygens (including phenoxy) is 2. The molecule has 0 spiro atoms. The fraction of sp³-hybridized carbons (Fsp3) is 0.176. The van der Waals surface area contributed by atoms with Crippen LogP contribution < -0.4 is 10.1 Å². The molecule has 0 saturated carbocycles. The highest BCUT2D eigenvalue weighted by Crippen LogP contribution is 2.24. The Labute approximate surface area is 151 Å². The Morgan fingerprint density at radius 3 is 2.38 bits per heavy atom. The van der Waals surface area contributed by atoms with Crippen molar-refractivity contribution in [2.45, 2.75) is 13.3 Å². The molecule has 2 aromatic carbocycles. The van der Waals surface area contributed by atoms with Gasteiger partial charge in [0.2, 0.25) is 0 Å². The summed E-state index contributed by atoms with van der Waals surface area (Å²) in [4.78, 5) is 23.7. The lowest BCUT2D eigenvalue weighted by atomic mass is 10.2. The van der Waals surface area contributed by atoms with Crippen LogP contribution in [0.25, 0.3) is 0 Å². The lowest BCUT2D eigenvalue weighted by Gasteiger charge is -2.10. The predicted molar refractivity (Wildman–Crippen MR) is 88.2 cm³/mol. The van der Waals surface area contributed by atoms with Crippen molar-refractivity contribution in [2.24, 2.45) is 0 Å². The fourth-order valence-corrected chi connectivity index (χ4v) is 2.11. The standard InChI is InChI=1S/C17H13ClF3NO4/c1-10-13(18)3-2-4-14(10)22-15(23)9-25-16(24)11-5-7-12(8-6-11)26-17(19,20)21/h2-8H,9H2,1H3,(H,22,23). The molecule has 26 heavy (non-hydrogen) atoms. The summed E-state index contributed by atoms with van der Waals surface area (Å²) in [6, 6.07) is 9.10. The van der Waals surface area contributed by atoms with Crippen molar-refractivity contribution >= 4 is 29.2 Å². The van der Waals surface area contributed by atoms with E-state index in [-0.39, 0.29) is 5.56 Å². The molecule has 2 rings (SSSR count). The average Bonchev–Trinajstić information content (AvgIpc) is 2.56. The lowest BCUT2D eigenvalue weighted by molar-refractivity contribution is -0.274. The second-order valence-corrected chi connectivity index (χ2v) is 5.52. The highest BCUT2D eigenvalue weighted by Gasteiger charge is 2.31. The minimum Gasteiger partial charge on any atom is -0.452 e. The first-order valence-electron chi connectivity index (χ1n) is 7.23. The van der Waals surface area contributed by atoms with Gasteiger partial charge in [-0.1, -0.05) is 17.7 Å². The number of halogens is 4. The van der Waals surface area contributed by atoms with Crippen LogP contribution in [0.4, 0.5) is 18.9 Å². The molecular weight excluding hydrogens is 375 g/mol. The molecule has 0 fully saturated rings. The largest absolute Gasteiger partial charge is 0.573 e. The van der Waals surface area contributed by atoms with Crippen molar-refractivity contribution in [3.8, 4) is 5.75 Å². The van der Waals surface area contributed by atoms with E-state index in [0.29, 0.717) is 16.3 Å². The number of rotatable bonds is 5. The Hall–Kier alpha value is -2.74. The first kappa shape index (κ1) is 19.6. The van der Waals surface area contributed by atoms with Crippen LogP contribution in [-0.2, 0) is 9.53 Å². The van der Waals surface area contributed by atoms with E-state index < -0.39 is 30.6 Å². The molecule has 0 saturated heterocycles. The summed E-state index contributed by atoms with van der Waals surface area (Å²) in [5.74, 6) is -1.91. The van der Waals surface area contributed by atoms with Crippen molar-refractivity contribution in [3.05, 3.63) is 58.6 Å². The van der Waals surface area contributed by atoms with E-state index >= 15 is 0 Å². The van der Waals surface area contributed by atoms with Gasteiger partial charge in [0.1, 0.15) is 5.75 Å². The number of nitrogens with one attached hydrogen (secondary N) is 1. The summed E-state index contributed by atoms with van der Waals surface area (Å²) in [7, 11) is 0. The van der Waals surface area contributed by atoms with Crippen molar-refractivity contribution in [3.63, 3.8) is 0 Å². The molecule has 0 heterocycles. The maximum atomic E-state index is 12.1. The molecular formula is C17H13ClF3NO4. The summed E-state index contributed by atoms with van der Waals surface area (Å²) in [6.45, 7) is 1.15. The normalized spacial score (nSPS) is 11.0. The molecule has 0 atom stereocenters. The molecule has 0 aliphatic heterocycles. The first-order valence-corrected chi connectivity index (χ1v) is 7.61. The Morgan fingerprint density at radius 2 is 1.77 bits per heavy atom. The zero-order chi connectivity index (χ0) is 19.3. The van der Waals surface area contributed by atoms with Crippen LogP contribution in [-0.4, -0.2) is 24.8 Å². The molecule has 1 amide bonds. The van der Waals surface area contributed by atoms with Crippen LogP contribution in [0.1, 0.15) is 15.9 Å². The van der Waals surface area contributed by atoms with Gasteiger partial charge in [-0.2, -0.15) is 0 Å². The van der Waals surface area contributed by atoms with Crippen molar-refractivity contribution < 1.29 is 32.2 Å². The second-order valence-electron chi connectivity index (χ2n) is 5.11. The predicted octanol–water partition coefficient (Wildman–Crippen LogP) is 4.34. The Balaban J connectivity index is 1.89. The molecule has 0 aliphatic carbocycles. The molecule has 5 nitrogen and oxygen atoms in total. The number of esters is 1. The van der Waals surface area contributed by atoms with Gasteiger partial charge >= 0.3 is 12.3 Å². The number of hydrogen-bond acceptors (Lipinski definition) is 4. The van der Waals surface area contributed by atoms with Gasteiger partial charge in [0.05, 0.1) is 5.56 Å². The molecule has 9 heteroatoms. The summed E-state index contributed by atoms with van der Waals surface area (Å²) in [5, 5.41) is 3.02. The first-order chi connectivity index (χ1) is 12.2.